The number of nitrogens with zero attached hydrogens (tertiary/aromatic N) is 1. The highest BCUT2D eigenvalue weighted by Crippen LogP contribution is 2.43. The summed E-state index contributed by atoms with van der Waals surface area (Å²) in [5.41, 5.74) is 0. The molecule has 3 unspecified atom stereocenters. The van der Waals surface area contributed by atoms with E-state index < -0.39 is 20.0 Å². The van der Waals surface area contributed by atoms with E-state index in [1.165, 1.54) is 161 Å². The molecule has 0 aliphatic carbocycles. The van der Waals surface area contributed by atoms with Crippen LogP contribution >= 0.6 is 7.82 Å². The van der Waals surface area contributed by atoms with Gasteiger partial charge in [0.25, 0.3) is 0 Å². The van der Waals surface area contributed by atoms with Crippen LogP contribution in [0.25, 0.3) is 0 Å². The Morgan fingerprint density at radius 3 is 1.30 bits per heavy atom. The second kappa shape index (κ2) is 52.5. The summed E-state index contributed by atoms with van der Waals surface area (Å²) in [7, 11) is 1.55. The molecule has 0 fully saturated rings. The molecule has 3 N–H and O–H groups in total. The molecule has 0 bridgehead atoms. The zero-order valence-corrected chi connectivity index (χ0v) is 47.8. The predicted molar refractivity (Wildman–Crippen MR) is 309 cm³/mol. The molecule has 1 amide bonds. The Morgan fingerprint density at radius 2 is 0.859 bits per heavy atom. The van der Waals surface area contributed by atoms with Crippen molar-refractivity contribution in [2.24, 2.45) is 0 Å². The van der Waals surface area contributed by atoms with Gasteiger partial charge in [0.05, 0.1) is 39.9 Å². The number of phosphoric acid groups is 1. The maximum atomic E-state index is 13.0. The molecule has 0 saturated carbocycles. The number of aliphatic hydroxyl groups is 1. The zero-order valence-electron chi connectivity index (χ0n) is 46.9. The van der Waals surface area contributed by atoms with Gasteiger partial charge >= 0.3 is 7.82 Å². The lowest BCUT2D eigenvalue weighted by atomic mass is 10.0. The van der Waals surface area contributed by atoms with Crippen LogP contribution in [-0.2, 0) is 18.4 Å². The van der Waals surface area contributed by atoms with Crippen molar-refractivity contribution in [3.8, 4) is 0 Å². The summed E-state index contributed by atoms with van der Waals surface area (Å²) < 4.78 is 23.7. The van der Waals surface area contributed by atoms with E-state index in [1.807, 2.05) is 27.2 Å². The first-order valence-electron chi connectivity index (χ1n) is 29.5. The summed E-state index contributed by atoms with van der Waals surface area (Å²) in [4.78, 5) is 23.3. The van der Waals surface area contributed by atoms with Gasteiger partial charge in [0.15, 0.2) is 0 Å². The Hall–Kier alpha value is -2.32. The van der Waals surface area contributed by atoms with Crippen molar-refractivity contribution in [2.75, 3.05) is 40.9 Å². The quantitative estimate of drug-likeness (QED) is 0.0243. The molecular formula is C62H114N2O6P+. The number of quaternary nitrogens is 1. The van der Waals surface area contributed by atoms with Crippen molar-refractivity contribution >= 4 is 13.7 Å². The highest BCUT2D eigenvalue weighted by Gasteiger charge is 2.27. The number of hydrogen-bond donors (Lipinski definition) is 3. The van der Waals surface area contributed by atoms with E-state index >= 15 is 0 Å². The number of unbranched alkanes of at least 4 members (excludes halogenated alkanes) is 28. The summed E-state index contributed by atoms with van der Waals surface area (Å²) in [6.07, 6.45) is 74.0. The average molecular weight is 1010 g/mol. The fraction of sp³-hybridized carbons (Fsp3) is 0.758. The molecule has 0 radical (unpaired) electrons. The molecule has 9 heteroatoms. The first kappa shape index (κ1) is 68.7. The molecule has 0 aromatic carbocycles. The van der Waals surface area contributed by atoms with Gasteiger partial charge < -0.3 is 19.8 Å². The maximum absolute atomic E-state index is 13.0. The normalized spacial score (nSPS) is 14.5. The van der Waals surface area contributed by atoms with E-state index in [9.17, 15) is 19.4 Å². The van der Waals surface area contributed by atoms with Gasteiger partial charge in [-0.15, -0.1) is 0 Å². The van der Waals surface area contributed by atoms with Crippen LogP contribution in [0.15, 0.2) is 85.1 Å². The Balaban J connectivity index is 4.17. The van der Waals surface area contributed by atoms with Gasteiger partial charge in [-0.3, -0.25) is 13.8 Å². The molecule has 0 aliphatic heterocycles. The molecule has 0 heterocycles. The van der Waals surface area contributed by atoms with Crippen molar-refractivity contribution in [1.82, 2.24) is 5.32 Å². The van der Waals surface area contributed by atoms with Gasteiger partial charge in [0.2, 0.25) is 5.91 Å². The number of rotatable bonds is 53. The van der Waals surface area contributed by atoms with Gasteiger partial charge in [0, 0.05) is 6.42 Å². The summed E-state index contributed by atoms with van der Waals surface area (Å²) in [5, 5.41) is 13.9. The topological polar surface area (TPSA) is 105 Å². The third-order valence-electron chi connectivity index (χ3n) is 12.8. The first-order valence-corrected chi connectivity index (χ1v) is 31.0. The number of phosphoric ester groups is 1. The van der Waals surface area contributed by atoms with Gasteiger partial charge in [-0.05, 0) is 77.0 Å². The second-order valence-electron chi connectivity index (χ2n) is 21.0. The van der Waals surface area contributed by atoms with Crippen LogP contribution in [0.1, 0.15) is 251 Å². The standard InChI is InChI=1S/C62H113N2O6P/c1-6-8-10-12-14-16-18-20-22-24-26-27-28-29-30-31-32-33-34-35-36-37-38-40-42-44-46-48-50-52-54-56-62(66)63-60(59-70-71(67,68)69-58-57-64(3,4)5)61(65)55-53-51-49-47-45-43-41-39-25-23-21-19-17-15-13-11-9-7-2/h8,10,14,16,20,22,26-27,29-30,45,47,53,55,60-61,65H,6-7,9,11-13,15,17-19,21,23-25,28,31-44,46,48-52,54,56-59H2,1-5H3,(H-,63,66,67,68)/p+1/b10-8-,16-14-,22-20-,27-26-,30-29-,47-45+,55-53+. The van der Waals surface area contributed by atoms with E-state index in [-0.39, 0.29) is 19.1 Å². The number of hydrogen-bond acceptors (Lipinski definition) is 5. The lowest BCUT2D eigenvalue weighted by molar-refractivity contribution is -0.870. The van der Waals surface area contributed by atoms with Crippen molar-refractivity contribution in [2.45, 2.75) is 264 Å². The number of amides is 1. The fourth-order valence-electron chi connectivity index (χ4n) is 8.26. The summed E-state index contributed by atoms with van der Waals surface area (Å²) in [6, 6.07) is -0.867. The largest absolute Gasteiger partial charge is 0.472 e. The lowest BCUT2D eigenvalue weighted by Gasteiger charge is -2.25. The fourth-order valence-corrected chi connectivity index (χ4v) is 9.00. The van der Waals surface area contributed by atoms with Crippen LogP contribution < -0.4 is 5.32 Å². The molecule has 0 aliphatic rings. The van der Waals surface area contributed by atoms with Crippen LogP contribution in [0.5, 0.6) is 0 Å². The third kappa shape index (κ3) is 55.3. The Morgan fingerprint density at radius 1 is 0.493 bits per heavy atom. The number of likely N-dealkylation sites (N-methyl/N-ethyl adjacent to an activating group) is 1. The molecule has 0 aromatic rings. The van der Waals surface area contributed by atoms with Gasteiger partial charge in [0.1, 0.15) is 13.2 Å². The number of aliphatic hydroxyl groups excluding tert-OH is 1. The number of carbonyl (C=O) groups is 1. The lowest BCUT2D eigenvalue weighted by Crippen LogP contribution is -2.45. The summed E-state index contributed by atoms with van der Waals surface area (Å²) >= 11 is 0. The smallest absolute Gasteiger partial charge is 0.387 e. The second-order valence-corrected chi connectivity index (χ2v) is 22.4. The summed E-state index contributed by atoms with van der Waals surface area (Å²) in [6.45, 7) is 4.69. The molecule has 0 aromatic heterocycles. The molecule has 0 spiro atoms. The molecule has 0 rings (SSSR count). The highest BCUT2D eigenvalue weighted by molar-refractivity contribution is 7.47. The number of nitrogens with one attached hydrogen (secondary N) is 1. The predicted octanol–water partition coefficient (Wildman–Crippen LogP) is 18.0. The van der Waals surface area contributed by atoms with Crippen LogP contribution in [0, 0.1) is 0 Å². The molecule has 412 valence electrons. The number of carbonyl (C=O) groups excluding carboxylic acids is 1. The van der Waals surface area contributed by atoms with E-state index in [0.717, 1.165) is 70.6 Å². The molecule has 0 saturated heterocycles. The molecule has 8 nitrogen and oxygen atoms in total. The Kier molecular flexibility index (Phi) is 50.8. The van der Waals surface area contributed by atoms with Crippen molar-refractivity contribution in [1.29, 1.82) is 0 Å². The van der Waals surface area contributed by atoms with Crippen LogP contribution in [0.2, 0.25) is 0 Å². The van der Waals surface area contributed by atoms with E-state index in [2.05, 4.69) is 92.1 Å². The minimum absolute atomic E-state index is 0.0538. The van der Waals surface area contributed by atoms with Crippen molar-refractivity contribution in [3.63, 3.8) is 0 Å². The SMILES string of the molecule is CC/C=C\C/C=C\C/C=C\C/C=C\C/C=C\CCCCCCCCCCCCCCCCCC(=O)NC(COP(=O)(O)OCC[N+](C)(C)C)C(O)/C=C/CC/C=C/CCCCCCCCCCCCCC. The minimum atomic E-state index is -4.36. The molecule has 3 atom stereocenters. The summed E-state index contributed by atoms with van der Waals surface area (Å²) in [5.74, 6) is -0.188. The Bertz CT molecular complexity index is 1430. The first-order chi connectivity index (χ1) is 34.5. The van der Waals surface area contributed by atoms with Crippen molar-refractivity contribution in [3.05, 3.63) is 85.1 Å². The average Bonchev–Trinajstić information content (AvgIpc) is 3.33. The third-order valence-corrected chi connectivity index (χ3v) is 13.8. The van der Waals surface area contributed by atoms with Crippen LogP contribution in [-0.4, -0.2) is 73.4 Å². The van der Waals surface area contributed by atoms with Crippen molar-refractivity contribution < 1.29 is 32.9 Å². The highest BCUT2D eigenvalue weighted by atomic mass is 31.2. The van der Waals surface area contributed by atoms with E-state index in [4.69, 9.17) is 9.05 Å². The van der Waals surface area contributed by atoms with Crippen LogP contribution in [0.4, 0.5) is 0 Å². The number of allylic oxidation sites excluding steroid dienone is 13. The van der Waals surface area contributed by atoms with Gasteiger partial charge in [-0.2, -0.15) is 0 Å². The van der Waals surface area contributed by atoms with Crippen LogP contribution in [0.3, 0.4) is 0 Å². The monoisotopic (exact) mass is 1010 g/mol. The zero-order chi connectivity index (χ0) is 52.0. The molecule has 71 heavy (non-hydrogen) atoms. The Labute approximate surface area is 439 Å². The van der Waals surface area contributed by atoms with E-state index in [1.54, 1.807) is 6.08 Å². The molecular weight excluding hydrogens is 900 g/mol. The van der Waals surface area contributed by atoms with E-state index in [0.29, 0.717) is 17.4 Å². The van der Waals surface area contributed by atoms with Gasteiger partial charge in [-0.1, -0.05) is 253 Å². The maximum Gasteiger partial charge on any atom is 0.472 e. The van der Waals surface area contributed by atoms with Gasteiger partial charge in [-0.25, -0.2) is 4.57 Å². The minimum Gasteiger partial charge on any atom is -0.387 e.